The van der Waals surface area contributed by atoms with Crippen LogP contribution in [0.2, 0.25) is 0 Å². The van der Waals surface area contributed by atoms with Crippen molar-refractivity contribution in [2.45, 2.75) is 45.3 Å². The van der Waals surface area contributed by atoms with Gasteiger partial charge in [-0.2, -0.15) is 11.8 Å². The van der Waals surface area contributed by atoms with Gasteiger partial charge in [0, 0.05) is 32.9 Å². The molecule has 1 saturated heterocycles. The fraction of sp³-hybridized carbons (Fsp3) is 0.579. The largest absolute Gasteiger partial charge is 0.490 e. The molecule has 0 aliphatic carbocycles. The summed E-state index contributed by atoms with van der Waals surface area (Å²) in [6.45, 7) is 4.85. The lowest BCUT2D eigenvalue weighted by Gasteiger charge is -2.34. The first-order valence-corrected chi connectivity index (χ1v) is 10.2. The summed E-state index contributed by atoms with van der Waals surface area (Å²) in [6.07, 6.45) is 4.43. The third kappa shape index (κ3) is 6.27. The first kappa shape index (κ1) is 19.6. The molecule has 0 spiro atoms. The standard InChI is InChI=1S/C19H28N2O3S/c1-14-5-4-6-17(13-14)24-16-7-10-21(11-8-16)19(23)18(9-12-25-3)20-15(2)22/h4-6,13,16,18H,7-12H2,1-3H3,(H,20,22)/t18-/m0/s1. The Morgan fingerprint density at radius 1 is 1.36 bits per heavy atom. The third-order valence-corrected chi connectivity index (χ3v) is 4.98. The van der Waals surface area contributed by atoms with Crippen molar-refractivity contribution in [1.29, 1.82) is 0 Å². The molecule has 2 rings (SSSR count). The van der Waals surface area contributed by atoms with Gasteiger partial charge in [-0.15, -0.1) is 0 Å². The summed E-state index contributed by atoms with van der Waals surface area (Å²) < 4.78 is 6.04. The lowest BCUT2D eigenvalue weighted by Crippen LogP contribution is -2.51. The average molecular weight is 365 g/mol. The Morgan fingerprint density at radius 3 is 2.68 bits per heavy atom. The van der Waals surface area contributed by atoms with Crippen LogP contribution in [0.4, 0.5) is 0 Å². The van der Waals surface area contributed by atoms with Crippen molar-refractivity contribution in [2.24, 2.45) is 0 Å². The third-order valence-electron chi connectivity index (χ3n) is 4.33. The van der Waals surface area contributed by atoms with Crippen molar-refractivity contribution < 1.29 is 14.3 Å². The van der Waals surface area contributed by atoms with E-state index in [-0.39, 0.29) is 17.9 Å². The molecule has 25 heavy (non-hydrogen) atoms. The van der Waals surface area contributed by atoms with E-state index in [0.717, 1.165) is 24.3 Å². The number of aryl methyl sites for hydroxylation is 1. The van der Waals surface area contributed by atoms with Crippen LogP contribution in [-0.2, 0) is 9.59 Å². The second-order valence-corrected chi connectivity index (χ2v) is 7.48. The van der Waals surface area contributed by atoms with Gasteiger partial charge in [0.25, 0.3) is 0 Å². The summed E-state index contributed by atoms with van der Waals surface area (Å²) in [5.74, 6) is 1.61. The van der Waals surface area contributed by atoms with Crippen LogP contribution in [0.25, 0.3) is 0 Å². The van der Waals surface area contributed by atoms with E-state index in [1.54, 1.807) is 11.8 Å². The molecule has 1 aromatic carbocycles. The number of hydrogen-bond acceptors (Lipinski definition) is 4. The Kier molecular flexibility index (Phi) is 7.62. The SMILES string of the molecule is CSCC[C@H](NC(C)=O)C(=O)N1CCC(Oc2cccc(C)c2)CC1. The molecule has 1 N–H and O–H groups in total. The molecule has 5 nitrogen and oxygen atoms in total. The van der Waals surface area contributed by atoms with E-state index >= 15 is 0 Å². The number of nitrogens with one attached hydrogen (secondary N) is 1. The van der Waals surface area contributed by atoms with Gasteiger partial charge in [0.05, 0.1) is 0 Å². The highest BCUT2D eigenvalue weighted by Crippen LogP contribution is 2.20. The molecular weight excluding hydrogens is 336 g/mol. The van der Waals surface area contributed by atoms with E-state index in [1.807, 2.05) is 42.3 Å². The fourth-order valence-corrected chi connectivity index (χ4v) is 3.51. The second kappa shape index (κ2) is 9.70. The van der Waals surface area contributed by atoms with E-state index in [4.69, 9.17) is 4.74 Å². The van der Waals surface area contributed by atoms with Crippen LogP contribution in [0.1, 0.15) is 31.7 Å². The monoisotopic (exact) mass is 364 g/mol. The number of hydrogen-bond donors (Lipinski definition) is 1. The van der Waals surface area contributed by atoms with Crippen LogP contribution in [0.5, 0.6) is 5.75 Å². The minimum Gasteiger partial charge on any atom is -0.490 e. The first-order chi connectivity index (χ1) is 12.0. The zero-order valence-corrected chi connectivity index (χ0v) is 16.1. The normalized spacial score (nSPS) is 16.4. The lowest BCUT2D eigenvalue weighted by atomic mass is 10.1. The summed E-state index contributed by atoms with van der Waals surface area (Å²) in [5.41, 5.74) is 1.18. The number of benzene rings is 1. The zero-order chi connectivity index (χ0) is 18.2. The van der Waals surface area contributed by atoms with E-state index in [0.29, 0.717) is 19.5 Å². The molecule has 0 radical (unpaired) electrons. The van der Waals surface area contributed by atoms with Crippen LogP contribution in [0, 0.1) is 6.92 Å². The predicted molar refractivity (Wildman–Crippen MR) is 102 cm³/mol. The van der Waals surface area contributed by atoms with Crippen LogP contribution >= 0.6 is 11.8 Å². The summed E-state index contributed by atoms with van der Waals surface area (Å²) >= 11 is 1.68. The van der Waals surface area contributed by atoms with Crippen LogP contribution in [0.3, 0.4) is 0 Å². The molecule has 2 amide bonds. The Bertz CT molecular complexity index is 586. The van der Waals surface area contributed by atoms with Gasteiger partial charge in [-0.05, 0) is 43.0 Å². The fourth-order valence-electron chi connectivity index (χ4n) is 3.03. The number of carbonyl (C=O) groups excluding carboxylic acids is 2. The maximum atomic E-state index is 12.7. The van der Waals surface area contributed by atoms with Gasteiger partial charge >= 0.3 is 0 Å². The van der Waals surface area contributed by atoms with Gasteiger partial charge in [-0.3, -0.25) is 9.59 Å². The Labute approximate surface area is 154 Å². The van der Waals surface area contributed by atoms with Gasteiger partial charge in [-0.25, -0.2) is 0 Å². The summed E-state index contributed by atoms with van der Waals surface area (Å²) in [6, 6.07) is 7.63. The van der Waals surface area contributed by atoms with Gasteiger partial charge in [0.2, 0.25) is 11.8 Å². The molecule has 6 heteroatoms. The minimum absolute atomic E-state index is 0.0262. The quantitative estimate of drug-likeness (QED) is 0.808. The molecule has 1 aliphatic heterocycles. The summed E-state index contributed by atoms with van der Waals surface area (Å²) in [7, 11) is 0. The number of ether oxygens (including phenoxy) is 1. The van der Waals surface area contributed by atoms with E-state index in [9.17, 15) is 9.59 Å². The predicted octanol–water partition coefficient (Wildman–Crippen LogP) is 2.62. The van der Waals surface area contributed by atoms with Gasteiger partial charge in [0.1, 0.15) is 17.9 Å². The maximum absolute atomic E-state index is 12.7. The molecule has 1 atom stereocenters. The van der Waals surface area contributed by atoms with Crippen molar-refractivity contribution in [3.8, 4) is 5.75 Å². The molecule has 0 aromatic heterocycles. The second-order valence-electron chi connectivity index (χ2n) is 6.49. The van der Waals surface area contributed by atoms with Gasteiger partial charge in [0.15, 0.2) is 0 Å². The van der Waals surface area contributed by atoms with Crippen molar-refractivity contribution in [1.82, 2.24) is 10.2 Å². The molecule has 0 bridgehead atoms. The van der Waals surface area contributed by atoms with Crippen LogP contribution in [-0.4, -0.2) is 54.0 Å². The number of piperidine rings is 1. The Morgan fingerprint density at radius 2 is 2.08 bits per heavy atom. The molecule has 1 fully saturated rings. The highest BCUT2D eigenvalue weighted by atomic mass is 32.2. The van der Waals surface area contributed by atoms with Crippen molar-refractivity contribution in [2.75, 3.05) is 25.1 Å². The minimum atomic E-state index is -0.417. The van der Waals surface area contributed by atoms with Gasteiger partial charge in [-0.1, -0.05) is 12.1 Å². The molecule has 0 saturated carbocycles. The maximum Gasteiger partial charge on any atom is 0.245 e. The number of amides is 2. The van der Waals surface area contributed by atoms with Crippen molar-refractivity contribution in [3.05, 3.63) is 29.8 Å². The first-order valence-electron chi connectivity index (χ1n) is 8.77. The van der Waals surface area contributed by atoms with Gasteiger partial charge < -0.3 is 15.0 Å². The average Bonchev–Trinajstić information content (AvgIpc) is 2.58. The number of likely N-dealkylation sites (tertiary alicyclic amines) is 1. The van der Waals surface area contributed by atoms with Crippen molar-refractivity contribution >= 4 is 23.6 Å². The smallest absolute Gasteiger partial charge is 0.245 e. The molecule has 0 unspecified atom stereocenters. The van der Waals surface area contributed by atoms with E-state index in [1.165, 1.54) is 12.5 Å². The molecule has 1 heterocycles. The number of nitrogens with zero attached hydrogens (tertiary/aromatic N) is 1. The highest BCUT2D eigenvalue weighted by Gasteiger charge is 2.29. The number of rotatable bonds is 7. The van der Waals surface area contributed by atoms with E-state index in [2.05, 4.69) is 5.32 Å². The summed E-state index contributed by atoms with van der Waals surface area (Å²) in [4.78, 5) is 25.9. The molecule has 138 valence electrons. The number of carbonyl (C=O) groups is 2. The Hall–Kier alpha value is -1.69. The highest BCUT2D eigenvalue weighted by molar-refractivity contribution is 7.98. The summed E-state index contributed by atoms with van der Waals surface area (Å²) in [5, 5.41) is 2.79. The number of thioether (sulfide) groups is 1. The van der Waals surface area contributed by atoms with Crippen LogP contribution < -0.4 is 10.1 Å². The molecular formula is C19H28N2O3S. The zero-order valence-electron chi connectivity index (χ0n) is 15.3. The van der Waals surface area contributed by atoms with E-state index < -0.39 is 6.04 Å². The topological polar surface area (TPSA) is 58.6 Å². The molecule has 1 aliphatic rings. The molecule has 1 aromatic rings. The van der Waals surface area contributed by atoms with Crippen molar-refractivity contribution in [3.63, 3.8) is 0 Å². The lowest BCUT2D eigenvalue weighted by molar-refractivity contribution is -0.137. The Balaban J connectivity index is 1.86. The van der Waals surface area contributed by atoms with Crippen LogP contribution in [0.15, 0.2) is 24.3 Å².